The Bertz CT molecular complexity index is 1130. The highest BCUT2D eigenvalue weighted by molar-refractivity contribution is 5.95. The lowest BCUT2D eigenvalue weighted by molar-refractivity contribution is -0.147. The van der Waals surface area contributed by atoms with Crippen LogP contribution in [0.25, 0.3) is 0 Å². The molecule has 0 heterocycles. The summed E-state index contributed by atoms with van der Waals surface area (Å²) in [5, 5.41) is 25.9. The monoisotopic (exact) mass is 540 g/mol. The van der Waals surface area contributed by atoms with Crippen LogP contribution in [0, 0.1) is 5.92 Å². The quantitative estimate of drug-likeness (QED) is 0.192. The third-order valence-electron chi connectivity index (χ3n) is 5.89. The molecule has 0 saturated heterocycles. The van der Waals surface area contributed by atoms with E-state index in [9.17, 15) is 29.1 Å². The third kappa shape index (κ3) is 10.9. The molecule has 4 atom stereocenters. The number of nitrogens with one attached hydrogen (secondary N) is 3. The van der Waals surface area contributed by atoms with Crippen LogP contribution in [0.2, 0.25) is 0 Å². The molecule has 0 aliphatic heterocycles. The van der Waals surface area contributed by atoms with Crippen molar-refractivity contribution in [2.45, 2.75) is 63.7 Å². The van der Waals surface area contributed by atoms with Crippen LogP contribution < -0.4 is 21.7 Å². The Labute approximate surface area is 227 Å². The maximum absolute atomic E-state index is 13.5. The van der Waals surface area contributed by atoms with E-state index in [0.29, 0.717) is 12.0 Å². The SMILES string of the molecule is CC(C)CC(N)C(=O)NC(Cc1ccccc1)C(=O)NC(Cc1ccccc1)C(=O)NC(CC(=O)O)C(=O)O. The van der Waals surface area contributed by atoms with Crippen molar-refractivity contribution in [1.29, 1.82) is 0 Å². The van der Waals surface area contributed by atoms with Gasteiger partial charge in [-0.05, 0) is 23.5 Å². The molecule has 0 fully saturated rings. The zero-order valence-electron chi connectivity index (χ0n) is 22.0. The van der Waals surface area contributed by atoms with Gasteiger partial charge in [-0.25, -0.2) is 4.79 Å². The first-order valence-electron chi connectivity index (χ1n) is 12.6. The number of carboxylic acid groups (broad SMARTS) is 2. The molecule has 4 unspecified atom stereocenters. The van der Waals surface area contributed by atoms with Crippen LogP contribution in [0.3, 0.4) is 0 Å². The standard InChI is InChI=1S/C28H36N4O7/c1-17(2)13-20(29)25(35)30-21(14-18-9-5-3-6-10-18)26(36)31-22(15-19-11-7-4-8-12-19)27(37)32-23(28(38)39)16-24(33)34/h3-12,17,20-23H,13-16,29H2,1-2H3,(H,30,35)(H,31,36)(H,32,37)(H,33,34)(H,38,39). The van der Waals surface area contributed by atoms with Crippen LogP contribution in [-0.2, 0) is 36.8 Å². The smallest absolute Gasteiger partial charge is 0.326 e. The van der Waals surface area contributed by atoms with Gasteiger partial charge in [0.15, 0.2) is 0 Å². The second kappa shape index (κ2) is 15.2. The van der Waals surface area contributed by atoms with Gasteiger partial charge in [0.2, 0.25) is 17.7 Å². The molecule has 3 amide bonds. The fourth-order valence-corrected chi connectivity index (χ4v) is 3.93. The van der Waals surface area contributed by atoms with Crippen molar-refractivity contribution >= 4 is 29.7 Å². The molecule has 11 heteroatoms. The maximum Gasteiger partial charge on any atom is 0.326 e. The predicted octanol–water partition coefficient (Wildman–Crippen LogP) is 0.859. The lowest BCUT2D eigenvalue weighted by atomic mass is 10.0. The molecule has 2 rings (SSSR count). The minimum absolute atomic E-state index is 0.00328. The van der Waals surface area contributed by atoms with Gasteiger partial charge in [0.25, 0.3) is 0 Å². The Morgan fingerprint density at radius 3 is 1.49 bits per heavy atom. The Kier molecular flexibility index (Phi) is 12.1. The molecular weight excluding hydrogens is 504 g/mol. The van der Waals surface area contributed by atoms with Crippen molar-refractivity contribution in [2.75, 3.05) is 0 Å². The number of hydrogen-bond donors (Lipinski definition) is 6. The molecule has 2 aromatic rings. The molecule has 0 bridgehead atoms. The predicted molar refractivity (Wildman–Crippen MR) is 143 cm³/mol. The summed E-state index contributed by atoms with van der Waals surface area (Å²) in [5.74, 6) is -4.85. The molecule has 39 heavy (non-hydrogen) atoms. The molecule has 0 spiro atoms. The molecule has 2 aromatic carbocycles. The van der Waals surface area contributed by atoms with Gasteiger partial charge >= 0.3 is 11.9 Å². The average molecular weight is 541 g/mol. The Morgan fingerprint density at radius 1 is 0.692 bits per heavy atom. The number of carboxylic acids is 2. The van der Waals surface area contributed by atoms with Crippen LogP contribution in [-0.4, -0.2) is 64.0 Å². The number of amides is 3. The van der Waals surface area contributed by atoms with Crippen molar-refractivity contribution in [3.05, 3.63) is 71.8 Å². The van der Waals surface area contributed by atoms with E-state index >= 15 is 0 Å². The van der Waals surface area contributed by atoms with Crippen LogP contribution in [0.5, 0.6) is 0 Å². The van der Waals surface area contributed by atoms with E-state index < -0.39 is 60.2 Å². The summed E-state index contributed by atoms with van der Waals surface area (Å²) in [6, 6.07) is 12.8. The minimum atomic E-state index is -1.70. The van der Waals surface area contributed by atoms with Crippen LogP contribution in [0.15, 0.2) is 60.7 Å². The van der Waals surface area contributed by atoms with Gasteiger partial charge in [0.1, 0.15) is 18.1 Å². The average Bonchev–Trinajstić information content (AvgIpc) is 2.87. The summed E-state index contributed by atoms with van der Waals surface area (Å²) >= 11 is 0. The number of aliphatic carboxylic acids is 2. The summed E-state index contributed by atoms with van der Waals surface area (Å²) in [7, 11) is 0. The van der Waals surface area contributed by atoms with E-state index in [1.54, 1.807) is 54.6 Å². The van der Waals surface area contributed by atoms with Gasteiger partial charge < -0.3 is 31.9 Å². The molecule has 0 aliphatic carbocycles. The maximum atomic E-state index is 13.5. The molecule has 0 saturated carbocycles. The molecule has 7 N–H and O–H groups in total. The van der Waals surface area contributed by atoms with Gasteiger partial charge in [-0.2, -0.15) is 0 Å². The van der Waals surface area contributed by atoms with Crippen LogP contribution in [0.4, 0.5) is 0 Å². The summed E-state index contributed by atoms with van der Waals surface area (Å²) in [5.41, 5.74) is 7.45. The first-order valence-corrected chi connectivity index (χ1v) is 12.6. The summed E-state index contributed by atoms with van der Waals surface area (Å²) in [6.45, 7) is 3.84. The van der Waals surface area contributed by atoms with Crippen molar-refractivity contribution in [3.63, 3.8) is 0 Å². The first kappa shape index (κ1) is 31.0. The van der Waals surface area contributed by atoms with Gasteiger partial charge in [-0.1, -0.05) is 74.5 Å². The Balaban J connectivity index is 2.30. The van der Waals surface area contributed by atoms with Crippen molar-refractivity contribution in [3.8, 4) is 0 Å². The molecule has 0 radical (unpaired) electrons. The zero-order chi connectivity index (χ0) is 28.9. The highest BCUT2D eigenvalue weighted by Gasteiger charge is 2.31. The normalized spacial score (nSPS) is 13.9. The number of carbonyl (C=O) groups is 5. The number of rotatable bonds is 15. The van der Waals surface area contributed by atoms with E-state index in [1.807, 2.05) is 19.9 Å². The van der Waals surface area contributed by atoms with Gasteiger partial charge in [0, 0.05) is 12.8 Å². The fraction of sp³-hybridized carbons (Fsp3) is 0.393. The molecule has 11 nitrogen and oxygen atoms in total. The summed E-state index contributed by atoms with van der Waals surface area (Å²) < 4.78 is 0. The number of nitrogens with two attached hydrogens (primary N) is 1. The topological polar surface area (TPSA) is 188 Å². The van der Waals surface area contributed by atoms with E-state index in [2.05, 4.69) is 16.0 Å². The molecular formula is C28H36N4O7. The lowest BCUT2D eigenvalue weighted by Gasteiger charge is -2.25. The first-order chi connectivity index (χ1) is 18.5. The zero-order valence-corrected chi connectivity index (χ0v) is 22.0. The highest BCUT2D eigenvalue weighted by Crippen LogP contribution is 2.09. The number of hydrogen-bond acceptors (Lipinski definition) is 6. The lowest BCUT2D eigenvalue weighted by Crippen LogP contribution is -2.58. The van der Waals surface area contributed by atoms with E-state index in [1.165, 1.54) is 0 Å². The molecule has 0 aromatic heterocycles. The van der Waals surface area contributed by atoms with E-state index in [0.717, 1.165) is 5.56 Å². The molecule has 0 aliphatic rings. The second-order valence-electron chi connectivity index (χ2n) is 9.74. The van der Waals surface area contributed by atoms with E-state index in [4.69, 9.17) is 10.8 Å². The Hall–Kier alpha value is -4.25. The second-order valence-corrected chi connectivity index (χ2v) is 9.74. The van der Waals surface area contributed by atoms with Gasteiger partial charge in [-0.3, -0.25) is 19.2 Å². The number of benzene rings is 2. The van der Waals surface area contributed by atoms with Gasteiger partial charge in [-0.15, -0.1) is 0 Å². The van der Waals surface area contributed by atoms with Crippen LogP contribution in [0.1, 0.15) is 37.8 Å². The van der Waals surface area contributed by atoms with Crippen molar-refractivity contribution in [2.24, 2.45) is 11.7 Å². The largest absolute Gasteiger partial charge is 0.481 e. The third-order valence-corrected chi connectivity index (χ3v) is 5.89. The Morgan fingerprint density at radius 2 is 1.10 bits per heavy atom. The highest BCUT2D eigenvalue weighted by atomic mass is 16.4. The molecule has 210 valence electrons. The van der Waals surface area contributed by atoms with Gasteiger partial charge in [0.05, 0.1) is 12.5 Å². The van der Waals surface area contributed by atoms with Crippen LogP contribution >= 0.6 is 0 Å². The van der Waals surface area contributed by atoms with E-state index in [-0.39, 0.29) is 18.8 Å². The number of carbonyl (C=O) groups excluding carboxylic acids is 3. The fourth-order valence-electron chi connectivity index (χ4n) is 3.93. The minimum Gasteiger partial charge on any atom is -0.481 e. The summed E-state index contributed by atoms with van der Waals surface area (Å²) in [6.07, 6.45) is -0.321. The van der Waals surface area contributed by atoms with Crippen molar-refractivity contribution < 1.29 is 34.2 Å². The van der Waals surface area contributed by atoms with Crippen molar-refractivity contribution in [1.82, 2.24) is 16.0 Å². The summed E-state index contributed by atoms with van der Waals surface area (Å²) in [4.78, 5) is 62.0.